The van der Waals surface area contributed by atoms with Crippen LogP contribution in [0.3, 0.4) is 0 Å². The Morgan fingerprint density at radius 2 is 2.05 bits per heavy atom. The Hall–Kier alpha value is -1.07. The third-order valence-electron chi connectivity index (χ3n) is 4.68. The minimum Gasteiger partial charge on any atom is -0.506 e. The summed E-state index contributed by atoms with van der Waals surface area (Å²) in [6.45, 7) is 0. The molecule has 0 bridgehead atoms. The fourth-order valence-corrected chi connectivity index (χ4v) is 3.89. The van der Waals surface area contributed by atoms with Gasteiger partial charge in [0.2, 0.25) is 5.91 Å². The maximum absolute atomic E-state index is 12.4. The summed E-state index contributed by atoms with van der Waals surface area (Å²) in [5.41, 5.74) is 0.460. The first-order valence-electron chi connectivity index (χ1n) is 7.69. The molecule has 0 radical (unpaired) electrons. The van der Waals surface area contributed by atoms with Crippen molar-refractivity contribution in [3.63, 3.8) is 0 Å². The maximum atomic E-state index is 12.4. The van der Waals surface area contributed by atoms with Gasteiger partial charge in [0, 0.05) is 10.5 Å². The largest absolute Gasteiger partial charge is 0.506 e. The van der Waals surface area contributed by atoms with Crippen LogP contribution in [0.4, 0.5) is 5.69 Å². The Balaban J connectivity index is 1.64. The molecule has 3 N–H and O–H groups in total. The number of fused-ring (bicyclic) bond motifs is 1. The molecule has 2 fully saturated rings. The minimum atomic E-state index is -0.150. The highest BCUT2D eigenvalue weighted by atomic mass is 79.9. The molecule has 114 valence electrons. The molecule has 1 saturated heterocycles. The maximum Gasteiger partial charge on any atom is 0.241 e. The molecule has 4 nitrogen and oxygen atoms in total. The number of benzene rings is 1. The average Bonchev–Trinajstić information content (AvgIpc) is 2.50. The zero-order valence-corrected chi connectivity index (χ0v) is 13.5. The number of nitrogens with one attached hydrogen (secondary N) is 2. The van der Waals surface area contributed by atoms with E-state index in [1.165, 1.54) is 25.7 Å². The quantitative estimate of drug-likeness (QED) is 0.714. The lowest BCUT2D eigenvalue weighted by atomic mass is 9.77. The van der Waals surface area contributed by atoms with Crippen LogP contribution in [-0.2, 0) is 4.79 Å². The number of rotatable bonds is 2. The lowest BCUT2D eigenvalue weighted by Gasteiger charge is -2.39. The van der Waals surface area contributed by atoms with E-state index in [0.717, 1.165) is 23.2 Å². The first-order chi connectivity index (χ1) is 10.1. The Bertz CT molecular complexity index is 535. The van der Waals surface area contributed by atoms with Gasteiger partial charge in [-0.1, -0.05) is 28.8 Å². The van der Waals surface area contributed by atoms with E-state index in [4.69, 9.17) is 0 Å². The van der Waals surface area contributed by atoms with E-state index in [-0.39, 0.29) is 17.7 Å². The number of hydrogen-bond donors (Lipinski definition) is 3. The molecule has 0 aromatic heterocycles. The number of aromatic hydroxyl groups is 1. The SMILES string of the molecule is O=C(Nc1cc(Br)ccc1O)C1CCC2CCCCC2N1. The number of amides is 1. The topological polar surface area (TPSA) is 61.4 Å². The van der Waals surface area contributed by atoms with Crippen LogP contribution in [0.25, 0.3) is 0 Å². The van der Waals surface area contributed by atoms with Crippen molar-refractivity contribution in [3.8, 4) is 5.75 Å². The fraction of sp³-hybridized carbons (Fsp3) is 0.562. The van der Waals surface area contributed by atoms with Gasteiger partial charge < -0.3 is 15.7 Å². The summed E-state index contributed by atoms with van der Waals surface area (Å²) >= 11 is 3.35. The molecule has 0 spiro atoms. The van der Waals surface area contributed by atoms with Gasteiger partial charge in [-0.25, -0.2) is 0 Å². The summed E-state index contributed by atoms with van der Waals surface area (Å²) in [5.74, 6) is 0.785. The first kappa shape index (κ1) is 14.9. The Morgan fingerprint density at radius 1 is 1.24 bits per heavy atom. The van der Waals surface area contributed by atoms with Gasteiger partial charge in [0.25, 0.3) is 0 Å². The standard InChI is InChI=1S/C16H21BrN2O2/c17-11-6-8-15(20)14(9-11)19-16(21)13-7-5-10-3-1-2-4-12(10)18-13/h6,8-10,12-13,18,20H,1-5,7H2,(H,19,21). The number of anilines is 1. The van der Waals surface area contributed by atoms with Crippen LogP contribution in [0.5, 0.6) is 5.75 Å². The van der Waals surface area contributed by atoms with Gasteiger partial charge >= 0.3 is 0 Å². The molecule has 5 heteroatoms. The Kier molecular flexibility index (Phi) is 4.50. The smallest absolute Gasteiger partial charge is 0.241 e. The van der Waals surface area contributed by atoms with Crippen molar-refractivity contribution in [2.45, 2.75) is 50.6 Å². The van der Waals surface area contributed by atoms with Gasteiger partial charge in [0.1, 0.15) is 5.75 Å². The molecule has 21 heavy (non-hydrogen) atoms. The van der Waals surface area contributed by atoms with Gasteiger partial charge in [-0.2, -0.15) is 0 Å². The zero-order chi connectivity index (χ0) is 14.8. The van der Waals surface area contributed by atoms with E-state index in [1.54, 1.807) is 18.2 Å². The molecule has 2 aliphatic rings. The molecular formula is C16H21BrN2O2. The van der Waals surface area contributed by atoms with Crippen molar-refractivity contribution >= 4 is 27.5 Å². The van der Waals surface area contributed by atoms with E-state index in [9.17, 15) is 9.90 Å². The van der Waals surface area contributed by atoms with E-state index in [1.807, 2.05) is 0 Å². The Labute approximate surface area is 133 Å². The van der Waals surface area contributed by atoms with Gasteiger partial charge in [0.15, 0.2) is 0 Å². The molecule has 1 saturated carbocycles. The van der Waals surface area contributed by atoms with Crippen LogP contribution in [0, 0.1) is 5.92 Å². The first-order valence-corrected chi connectivity index (χ1v) is 8.48. The number of carbonyl (C=O) groups excluding carboxylic acids is 1. The van der Waals surface area contributed by atoms with Crippen LogP contribution in [0.1, 0.15) is 38.5 Å². The van der Waals surface area contributed by atoms with E-state index in [0.29, 0.717) is 11.7 Å². The fourth-order valence-electron chi connectivity index (χ4n) is 3.53. The summed E-state index contributed by atoms with van der Waals surface area (Å²) in [5, 5.41) is 16.2. The average molecular weight is 353 g/mol. The molecule has 3 rings (SSSR count). The summed E-state index contributed by atoms with van der Waals surface area (Å²) in [6, 6.07) is 5.38. The molecular weight excluding hydrogens is 332 g/mol. The summed E-state index contributed by atoms with van der Waals surface area (Å²) in [6.07, 6.45) is 7.05. The van der Waals surface area contributed by atoms with Crippen LogP contribution < -0.4 is 10.6 Å². The van der Waals surface area contributed by atoms with Gasteiger partial charge in [0.05, 0.1) is 11.7 Å². The van der Waals surface area contributed by atoms with Crippen molar-refractivity contribution in [2.75, 3.05) is 5.32 Å². The number of hydrogen-bond acceptors (Lipinski definition) is 3. The summed E-state index contributed by atoms with van der Waals surface area (Å²) in [7, 11) is 0. The molecule has 1 aromatic carbocycles. The molecule has 1 amide bonds. The Morgan fingerprint density at radius 3 is 2.90 bits per heavy atom. The van der Waals surface area contributed by atoms with Gasteiger partial charge in [-0.05, 0) is 49.8 Å². The zero-order valence-electron chi connectivity index (χ0n) is 11.9. The van der Waals surface area contributed by atoms with Crippen LogP contribution in [0.2, 0.25) is 0 Å². The molecule has 3 unspecified atom stereocenters. The number of halogens is 1. The summed E-state index contributed by atoms with van der Waals surface area (Å²) < 4.78 is 0.833. The number of phenols is 1. The second kappa shape index (κ2) is 6.36. The molecule has 1 aliphatic heterocycles. The molecule has 3 atom stereocenters. The monoisotopic (exact) mass is 352 g/mol. The van der Waals surface area contributed by atoms with Crippen molar-refractivity contribution in [1.29, 1.82) is 0 Å². The predicted octanol–water partition coefficient (Wildman–Crippen LogP) is 3.40. The van der Waals surface area contributed by atoms with Crippen molar-refractivity contribution in [3.05, 3.63) is 22.7 Å². The normalized spacial score (nSPS) is 28.7. The van der Waals surface area contributed by atoms with Crippen molar-refractivity contribution in [1.82, 2.24) is 5.32 Å². The van der Waals surface area contributed by atoms with E-state index in [2.05, 4.69) is 26.6 Å². The second-order valence-corrected chi connectivity index (χ2v) is 7.01. The van der Waals surface area contributed by atoms with E-state index >= 15 is 0 Å². The van der Waals surface area contributed by atoms with Crippen molar-refractivity contribution < 1.29 is 9.90 Å². The predicted molar refractivity (Wildman–Crippen MR) is 86.3 cm³/mol. The van der Waals surface area contributed by atoms with Gasteiger partial charge in [-0.15, -0.1) is 0 Å². The highest BCUT2D eigenvalue weighted by Gasteiger charge is 2.34. The second-order valence-electron chi connectivity index (χ2n) is 6.10. The lowest BCUT2D eigenvalue weighted by molar-refractivity contribution is -0.119. The highest BCUT2D eigenvalue weighted by molar-refractivity contribution is 9.10. The molecule has 1 heterocycles. The third kappa shape index (κ3) is 3.40. The summed E-state index contributed by atoms with van der Waals surface area (Å²) in [4.78, 5) is 12.4. The number of carbonyl (C=O) groups is 1. The van der Waals surface area contributed by atoms with Gasteiger partial charge in [-0.3, -0.25) is 4.79 Å². The van der Waals surface area contributed by atoms with Crippen LogP contribution in [0.15, 0.2) is 22.7 Å². The molecule has 1 aromatic rings. The molecule has 1 aliphatic carbocycles. The number of phenolic OH excluding ortho intramolecular Hbond substituents is 1. The van der Waals surface area contributed by atoms with Crippen LogP contribution in [-0.4, -0.2) is 23.1 Å². The number of piperidine rings is 1. The van der Waals surface area contributed by atoms with E-state index < -0.39 is 0 Å². The third-order valence-corrected chi connectivity index (χ3v) is 5.18. The van der Waals surface area contributed by atoms with Crippen molar-refractivity contribution in [2.24, 2.45) is 5.92 Å². The highest BCUT2D eigenvalue weighted by Crippen LogP contribution is 2.33. The van der Waals surface area contributed by atoms with Crippen LogP contribution >= 0.6 is 15.9 Å². The minimum absolute atomic E-state index is 0.0487. The lowest BCUT2D eigenvalue weighted by Crippen LogP contribution is -2.53.